The van der Waals surface area contributed by atoms with Crippen LogP contribution >= 0.6 is 12.2 Å². The van der Waals surface area contributed by atoms with E-state index in [9.17, 15) is 0 Å². The van der Waals surface area contributed by atoms with E-state index >= 15 is 0 Å². The van der Waals surface area contributed by atoms with Crippen LogP contribution in [-0.4, -0.2) is 53.5 Å². The summed E-state index contributed by atoms with van der Waals surface area (Å²) in [5, 5.41) is 0. The Bertz CT molecular complexity index is 432. The molecule has 2 N–H and O–H groups in total. The molecule has 1 aromatic rings. The normalized spacial score (nSPS) is 11.6. The van der Waals surface area contributed by atoms with Crippen LogP contribution in [0.15, 0.2) is 18.3 Å². The van der Waals surface area contributed by atoms with E-state index < -0.39 is 0 Å². The van der Waals surface area contributed by atoms with Crippen molar-refractivity contribution >= 4 is 17.2 Å². The first-order valence-corrected chi connectivity index (χ1v) is 7.41. The minimum Gasteiger partial charge on any atom is -0.388 e. The smallest absolute Gasteiger partial charge is 0.122 e. The highest BCUT2D eigenvalue weighted by Crippen LogP contribution is 2.08. The minimum absolute atomic E-state index is 0.357. The van der Waals surface area contributed by atoms with Gasteiger partial charge in [-0.15, -0.1) is 0 Å². The Hall–Kier alpha value is -1.04. The van der Waals surface area contributed by atoms with Crippen molar-refractivity contribution in [2.24, 2.45) is 11.7 Å². The summed E-state index contributed by atoms with van der Waals surface area (Å²) < 4.78 is 0. The fourth-order valence-corrected chi connectivity index (χ4v) is 2.17. The minimum atomic E-state index is 0.357. The van der Waals surface area contributed by atoms with Gasteiger partial charge in [0.2, 0.25) is 0 Å². The third-order valence-electron chi connectivity index (χ3n) is 2.97. The number of nitrogens with zero attached hydrogens (tertiary/aromatic N) is 3. The predicted octanol–water partition coefficient (Wildman–Crippen LogP) is 1.74. The Kier molecular flexibility index (Phi) is 7.05. The number of hydrogen-bond acceptors (Lipinski definition) is 4. The second-order valence-corrected chi connectivity index (χ2v) is 6.29. The molecule has 0 spiro atoms. The SMILES string of the molecule is CC(C)CN(CCN(C)C)Cc1ccnc(C(N)=S)c1. The molecule has 1 aromatic heterocycles. The molecule has 0 aliphatic heterocycles. The molecular formula is C15H26N4S. The van der Waals surface area contributed by atoms with Crippen LogP contribution in [0.1, 0.15) is 25.1 Å². The van der Waals surface area contributed by atoms with Crippen molar-refractivity contribution in [1.82, 2.24) is 14.8 Å². The number of aromatic nitrogens is 1. The monoisotopic (exact) mass is 294 g/mol. The zero-order valence-corrected chi connectivity index (χ0v) is 13.8. The lowest BCUT2D eigenvalue weighted by Gasteiger charge is -2.26. The van der Waals surface area contributed by atoms with Crippen molar-refractivity contribution in [3.63, 3.8) is 0 Å². The van der Waals surface area contributed by atoms with Gasteiger partial charge in [-0.05, 0) is 37.7 Å². The van der Waals surface area contributed by atoms with Gasteiger partial charge in [0.25, 0.3) is 0 Å². The lowest BCUT2D eigenvalue weighted by Crippen LogP contribution is -2.34. The number of nitrogens with two attached hydrogens (primary N) is 1. The van der Waals surface area contributed by atoms with Gasteiger partial charge >= 0.3 is 0 Å². The Morgan fingerprint density at radius 2 is 2.05 bits per heavy atom. The first-order chi connectivity index (χ1) is 9.38. The largest absolute Gasteiger partial charge is 0.388 e. The van der Waals surface area contributed by atoms with Gasteiger partial charge in [-0.3, -0.25) is 9.88 Å². The van der Waals surface area contributed by atoms with Gasteiger partial charge in [0, 0.05) is 32.4 Å². The van der Waals surface area contributed by atoms with Crippen LogP contribution in [0.25, 0.3) is 0 Å². The molecule has 4 nitrogen and oxygen atoms in total. The maximum atomic E-state index is 5.64. The van der Waals surface area contributed by atoms with Gasteiger partial charge in [0.05, 0.1) is 5.69 Å². The van der Waals surface area contributed by atoms with Gasteiger partial charge < -0.3 is 10.6 Å². The fourth-order valence-electron chi connectivity index (χ4n) is 2.06. The molecule has 0 aliphatic carbocycles. The number of pyridine rings is 1. The highest BCUT2D eigenvalue weighted by molar-refractivity contribution is 7.80. The van der Waals surface area contributed by atoms with Crippen LogP contribution in [0.3, 0.4) is 0 Å². The summed E-state index contributed by atoms with van der Waals surface area (Å²) in [5.74, 6) is 0.647. The molecule has 112 valence electrons. The summed E-state index contributed by atoms with van der Waals surface area (Å²) >= 11 is 4.99. The molecule has 0 atom stereocenters. The summed E-state index contributed by atoms with van der Waals surface area (Å²) in [6.07, 6.45) is 1.78. The maximum absolute atomic E-state index is 5.64. The van der Waals surface area contributed by atoms with Crippen LogP contribution in [0, 0.1) is 5.92 Å². The van der Waals surface area contributed by atoms with Crippen molar-refractivity contribution in [2.45, 2.75) is 20.4 Å². The van der Waals surface area contributed by atoms with Gasteiger partial charge in [0.15, 0.2) is 0 Å². The van der Waals surface area contributed by atoms with Crippen LogP contribution < -0.4 is 5.73 Å². The number of rotatable bonds is 8. The van der Waals surface area contributed by atoms with Crippen LogP contribution in [-0.2, 0) is 6.54 Å². The second kappa shape index (κ2) is 8.29. The standard InChI is InChI=1S/C15H26N4S/c1-12(2)10-19(8-7-18(3)4)11-13-5-6-17-14(9-13)15(16)20/h5-6,9,12H,7-8,10-11H2,1-4H3,(H2,16,20). The van der Waals surface area contributed by atoms with Gasteiger partial charge in [0.1, 0.15) is 4.99 Å². The van der Waals surface area contributed by atoms with E-state index in [4.69, 9.17) is 18.0 Å². The van der Waals surface area contributed by atoms with E-state index in [2.05, 4.69) is 42.7 Å². The van der Waals surface area contributed by atoms with E-state index in [0.717, 1.165) is 26.2 Å². The van der Waals surface area contributed by atoms with Gasteiger partial charge in [-0.1, -0.05) is 26.1 Å². The second-order valence-electron chi connectivity index (χ2n) is 5.85. The maximum Gasteiger partial charge on any atom is 0.122 e. The van der Waals surface area contributed by atoms with Crippen molar-refractivity contribution in [3.8, 4) is 0 Å². The predicted molar refractivity (Wildman–Crippen MR) is 88.8 cm³/mol. The molecule has 0 fully saturated rings. The molecule has 1 heterocycles. The van der Waals surface area contributed by atoms with Crippen molar-refractivity contribution in [1.29, 1.82) is 0 Å². The summed E-state index contributed by atoms with van der Waals surface area (Å²) in [5.41, 5.74) is 7.55. The molecule has 0 aromatic carbocycles. The molecule has 5 heteroatoms. The topological polar surface area (TPSA) is 45.4 Å². The Morgan fingerprint density at radius 3 is 2.60 bits per heavy atom. The van der Waals surface area contributed by atoms with Crippen LogP contribution in [0.5, 0.6) is 0 Å². The Labute approximate surface area is 128 Å². The number of hydrogen-bond donors (Lipinski definition) is 1. The molecule has 0 bridgehead atoms. The summed E-state index contributed by atoms with van der Waals surface area (Å²) in [7, 11) is 4.20. The Morgan fingerprint density at radius 1 is 1.35 bits per heavy atom. The average molecular weight is 294 g/mol. The molecule has 20 heavy (non-hydrogen) atoms. The zero-order chi connectivity index (χ0) is 15.1. The van der Waals surface area contributed by atoms with Crippen LogP contribution in [0.2, 0.25) is 0 Å². The third kappa shape index (κ3) is 6.41. The van der Waals surface area contributed by atoms with E-state index in [1.807, 2.05) is 12.1 Å². The fraction of sp³-hybridized carbons (Fsp3) is 0.600. The molecule has 0 unspecified atom stereocenters. The van der Waals surface area contributed by atoms with E-state index in [1.165, 1.54) is 5.56 Å². The first-order valence-electron chi connectivity index (χ1n) is 7.00. The number of thiocarbonyl (C=S) groups is 1. The third-order valence-corrected chi connectivity index (χ3v) is 3.18. The van der Waals surface area contributed by atoms with E-state index in [1.54, 1.807) is 6.20 Å². The number of likely N-dealkylation sites (N-methyl/N-ethyl adjacent to an activating group) is 1. The molecule has 0 amide bonds. The van der Waals surface area contributed by atoms with Crippen LogP contribution in [0.4, 0.5) is 0 Å². The molecule has 1 rings (SSSR count). The summed E-state index contributed by atoms with van der Waals surface area (Å²) in [4.78, 5) is 9.22. The van der Waals surface area contributed by atoms with E-state index in [-0.39, 0.29) is 0 Å². The lowest BCUT2D eigenvalue weighted by molar-refractivity contribution is 0.211. The van der Waals surface area contributed by atoms with Crippen molar-refractivity contribution in [3.05, 3.63) is 29.6 Å². The zero-order valence-electron chi connectivity index (χ0n) is 13.0. The quantitative estimate of drug-likeness (QED) is 0.740. The molecule has 0 saturated heterocycles. The summed E-state index contributed by atoms with van der Waals surface area (Å²) in [6, 6.07) is 4.02. The first kappa shape index (κ1) is 17.0. The molecule has 0 radical (unpaired) electrons. The molecule has 0 saturated carbocycles. The highest BCUT2D eigenvalue weighted by Gasteiger charge is 2.10. The van der Waals surface area contributed by atoms with Crippen molar-refractivity contribution < 1.29 is 0 Å². The summed E-state index contributed by atoms with van der Waals surface area (Å²) in [6.45, 7) is 8.59. The molecule has 0 aliphatic rings. The average Bonchev–Trinajstić information content (AvgIpc) is 2.35. The highest BCUT2D eigenvalue weighted by atomic mass is 32.1. The molecular weight excluding hydrogens is 268 g/mol. The lowest BCUT2D eigenvalue weighted by atomic mass is 10.1. The Balaban J connectivity index is 2.72. The van der Waals surface area contributed by atoms with Gasteiger partial charge in [-0.2, -0.15) is 0 Å². The van der Waals surface area contributed by atoms with Crippen molar-refractivity contribution in [2.75, 3.05) is 33.7 Å². The van der Waals surface area contributed by atoms with E-state index in [0.29, 0.717) is 16.6 Å². The van der Waals surface area contributed by atoms with Gasteiger partial charge in [-0.25, -0.2) is 0 Å².